The van der Waals surface area contributed by atoms with Crippen LogP contribution in [0.25, 0.3) is 0 Å². The fourth-order valence-corrected chi connectivity index (χ4v) is 2.12. The first-order valence-electron chi connectivity index (χ1n) is 6.02. The second kappa shape index (κ2) is 5.82. The lowest BCUT2D eigenvalue weighted by Crippen LogP contribution is -2.29. The summed E-state index contributed by atoms with van der Waals surface area (Å²) < 4.78 is 18.7. The first-order valence-corrected chi connectivity index (χ1v) is 6.02. The summed E-state index contributed by atoms with van der Waals surface area (Å²) >= 11 is 0. The molecule has 2 rings (SSSR count). The van der Waals surface area contributed by atoms with Crippen molar-refractivity contribution in [1.29, 1.82) is 0 Å². The molecule has 1 unspecified atom stereocenters. The van der Waals surface area contributed by atoms with Crippen molar-refractivity contribution >= 4 is 0 Å². The maximum Gasteiger partial charge on any atom is 0.126 e. The molecule has 1 atom stereocenters. The minimum absolute atomic E-state index is 0.223. The third kappa shape index (κ3) is 2.75. The van der Waals surface area contributed by atoms with E-state index in [4.69, 9.17) is 10.6 Å². The molecule has 0 saturated heterocycles. The van der Waals surface area contributed by atoms with Gasteiger partial charge in [0.1, 0.15) is 11.6 Å². The molecule has 0 saturated carbocycles. The van der Waals surface area contributed by atoms with Gasteiger partial charge >= 0.3 is 0 Å². The summed E-state index contributed by atoms with van der Waals surface area (Å²) in [5, 5.41) is 0. The Morgan fingerprint density at radius 3 is 2.58 bits per heavy atom. The molecular formula is C15H17FN2O. The predicted octanol–water partition coefficient (Wildman–Crippen LogP) is 2.70. The van der Waals surface area contributed by atoms with Crippen molar-refractivity contribution in [1.82, 2.24) is 5.43 Å². The zero-order valence-electron chi connectivity index (χ0n) is 11.0. The summed E-state index contributed by atoms with van der Waals surface area (Å²) in [6, 6.07) is 12.3. The summed E-state index contributed by atoms with van der Waals surface area (Å²) in [5.74, 6) is 6.17. The Morgan fingerprint density at radius 2 is 1.95 bits per heavy atom. The molecule has 0 amide bonds. The molecule has 4 heteroatoms. The van der Waals surface area contributed by atoms with E-state index >= 15 is 0 Å². The molecular weight excluding hydrogens is 243 g/mol. The van der Waals surface area contributed by atoms with Crippen molar-refractivity contribution in [2.24, 2.45) is 5.84 Å². The highest BCUT2D eigenvalue weighted by Crippen LogP contribution is 2.29. The van der Waals surface area contributed by atoms with E-state index in [-0.39, 0.29) is 11.9 Å². The topological polar surface area (TPSA) is 47.3 Å². The lowest BCUT2D eigenvalue weighted by Gasteiger charge is -2.20. The Kier molecular flexibility index (Phi) is 4.14. The molecule has 0 fully saturated rings. The predicted molar refractivity (Wildman–Crippen MR) is 73.3 cm³/mol. The normalized spacial score (nSPS) is 12.2. The van der Waals surface area contributed by atoms with Gasteiger partial charge in [-0.3, -0.25) is 5.84 Å². The van der Waals surface area contributed by atoms with Crippen molar-refractivity contribution in [2.45, 2.75) is 13.0 Å². The Labute approximate surface area is 112 Å². The van der Waals surface area contributed by atoms with Crippen LogP contribution in [0.4, 0.5) is 4.39 Å². The van der Waals surface area contributed by atoms with E-state index in [1.165, 1.54) is 6.07 Å². The van der Waals surface area contributed by atoms with E-state index in [0.29, 0.717) is 5.56 Å². The zero-order chi connectivity index (χ0) is 13.8. The zero-order valence-corrected chi connectivity index (χ0v) is 11.0. The van der Waals surface area contributed by atoms with Gasteiger partial charge < -0.3 is 4.74 Å². The van der Waals surface area contributed by atoms with Crippen LogP contribution in [0.3, 0.4) is 0 Å². The van der Waals surface area contributed by atoms with Crippen molar-refractivity contribution in [3.63, 3.8) is 0 Å². The van der Waals surface area contributed by atoms with Crippen LogP contribution in [-0.4, -0.2) is 7.11 Å². The second-order valence-corrected chi connectivity index (χ2v) is 4.35. The maximum atomic E-state index is 13.3. The number of para-hydroxylation sites is 1. The number of nitrogens with one attached hydrogen (secondary N) is 1. The molecule has 0 aliphatic rings. The van der Waals surface area contributed by atoms with E-state index in [0.717, 1.165) is 16.9 Å². The molecule has 0 heterocycles. The molecule has 3 N–H and O–H groups in total. The number of benzene rings is 2. The Bertz CT molecular complexity index is 572. The van der Waals surface area contributed by atoms with Gasteiger partial charge in [-0.1, -0.05) is 30.3 Å². The molecule has 0 bridgehead atoms. The summed E-state index contributed by atoms with van der Waals surface area (Å²) in [4.78, 5) is 0. The van der Waals surface area contributed by atoms with E-state index < -0.39 is 0 Å². The number of aryl methyl sites for hydroxylation is 1. The standard InChI is InChI=1S/C15H17FN2O/c1-10-9-11(7-8-13(10)16)15(18-17)12-5-3-4-6-14(12)19-2/h3-9,15,18H,17H2,1-2H3. The minimum atomic E-state index is -0.240. The summed E-state index contributed by atoms with van der Waals surface area (Å²) in [6.45, 7) is 1.73. The molecule has 19 heavy (non-hydrogen) atoms. The fraction of sp³-hybridized carbons (Fsp3) is 0.200. The number of ether oxygens (including phenoxy) is 1. The van der Waals surface area contributed by atoms with Crippen LogP contribution in [0.15, 0.2) is 42.5 Å². The average Bonchev–Trinajstić information content (AvgIpc) is 2.44. The van der Waals surface area contributed by atoms with E-state index in [2.05, 4.69) is 5.43 Å². The molecule has 2 aromatic carbocycles. The van der Waals surface area contributed by atoms with Gasteiger partial charge in [0.25, 0.3) is 0 Å². The smallest absolute Gasteiger partial charge is 0.126 e. The summed E-state index contributed by atoms with van der Waals surface area (Å²) in [7, 11) is 1.61. The van der Waals surface area contributed by atoms with Crippen LogP contribution < -0.4 is 16.0 Å². The van der Waals surface area contributed by atoms with E-state index in [9.17, 15) is 4.39 Å². The largest absolute Gasteiger partial charge is 0.496 e. The van der Waals surface area contributed by atoms with E-state index in [1.807, 2.05) is 24.3 Å². The maximum absolute atomic E-state index is 13.3. The SMILES string of the molecule is COc1ccccc1C(NN)c1ccc(F)c(C)c1. The third-order valence-electron chi connectivity index (χ3n) is 3.13. The van der Waals surface area contributed by atoms with Crippen molar-refractivity contribution in [3.05, 3.63) is 65.0 Å². The van der Waals surface area contributed by atoms with Crippen molar-refractivity contribution in [2.75, 3.05) is 7.11 Å². The molecule has 0 aromatic heterocycles. The fourth-order valence-electron chi connectivity index (χ4n) is 2.12. The lowest BCUT2D eigenvalue weighted by atomic mass is 9.97. The number of rotatable bonds is 4. The number of hydrogen-bond donors (Lipinski definition) is 2. The Hall–Kier alpha value is -1.91. The van der Waals surface area contributed by atoms with Crippen LogP contribution in [0, 0.1) is 12.7 Å². The van der Waals surface area contributed by atoms with E-state index in [1.54, 1.807) is 26.2 Å². The number of methoxy groups -OCH3 is 1. The minimum Gasteiger partial charge on any atom is -0.496 e. The molecule has 3 nitrogen and oxygen atoms in total. The van der Waals surface area contributed by atoms with Crippen molar-refractivity contribution < 1.29 is 9.13 Å². The Morgan fingerprint density at radius 1 is 1.21 bits per heavy atom. The number of hydrogen-bond acceptors (Lipinski definition) is 3. The molecule has 2 aromatic rings. The van der Waals surface area contributed by atoms with Crippen molar-refractivity contribution in [3.8, 4) is 5.75 Å². The van der Waals surface area contributed by atoms with Gasteiger partial charge in [-0.15, -0.1) is 0 Å². The van der Waals surface area contributed by atoms with Crippen LogP contribution in [0.5, 0.6) is 5.75 Å². The highest BCUT2D eigenvalue weighted by atomic mass is 19.1. The van der Waals surface area contributed by atoms with Crippen LogP contribution in [0.1, 0.15) is 22.7 Å². The van der Waals surface area contributed by atoms with Gasteiger partial charge in [0.15, 0.2) is 0 Å². The van der Waals surface area contributed by atoms with Crippen LogP contribution in [-0.2, 0) is 0 Å². The van der Waals surface area contributed by atoms with Gasteiger partial charge in [0.05, 0.1) is 13.2 Å². The van der Waals surface area contributed by atoms with Crippen LogP contribution >= 0.6 is 0 Å². The van der Waals surface area contributed by atoms with Gasteiger partial charge in [-0.05, 0) is 30.2 Å². The monoisotopic (exact) mass is 260 g/mol. The van der Waals surface area contributed by atoms with Gasteiger partial charge in [0.2, 0.25) is 0 Å². The number of hydrazine groups is 1. The van der Waals surface area contributed by atoms with Gasteiger partial charge in [0, 0.05) is 5.56 Å². The summed E-state index contributed by atoms with van der Waals surface area (Å²) in [5.41, 5.74) is 5.15. The van der Waals surface area contributed by atoms with Gasteiger partial charge in [-0.2, -0.15) is 0 Å². The van der Waals surface area contributed by atoms with Crippen LogP contribution in [0.2, 0.25) is 0 Å². The first-order chi connectivity index (χ1) is 9.17. The highest BCUT2D eigenvalue weighted by molar-refractivity contribution is 5.42. The first kappa shape index (κ1) is 13.5. The molecule has 0 spiro atoms. The summed E-state index contributed by atoms with van der Waals surface area (Å²) in [6.07, 6.45) is 0. The third-order valence-corrected chi connectivity index (χ3v) is 3.13. The quantitative estimate of drug-likeness (QED) is 0.656. The molecule has 0 aliphatic heterocycles. The second-order valence-electron chi connectivity index (χ2n) is 4.35. The molecule has 0 radical (unpaired) electrons. The Balaban J connectivity index is 2.46. The highest BCUT2D eigenvalue weighted by Gasteiger charge is 2.17. The molecule has 100 valence electrons. The number of nitrogens with two attached hydrogens (primary N) is 1. The molecule has 0 aliphatic carbocycles. The van der Waals surface area contributed by atoms with Gasteiger partial charge in [-0.25, -0.2) is 9.82 Å². The average molecular weight is 260 g/mol. The number of halogens is 1. The lowest BCUT2D eigenvalue weighted by molar-refractivity contribution is 0.404.